The lowest BCUT2D eigenvalue weighted by Gasteiger charge is -2.18. The Morgan fingerprint density at radius 2 is 1.88 bits per heavy atom. The van der Waals surface area contributed by atoms with E-state index in [1.54, 1.807) is 34.9 Å². The molecule has 1 aliphatic rings. The Morgan fingerprint density at radius 1 is 1.19 bits per heavy atom. The number of halogens is 2. The number of hydrogen-bond donors (Lipinski definition) is 1. The lowest BCUT2D eigenvalue weighted by atomic mass is 10.1. The molecule has 3 rings (SSSR count). The number of carbonyl (C=O) groups excluding carboxylic acids is 1. The van der Waals surface area contributed by atoms with E-state index in [4.69, 9.17) is 28.2 Å². The van der Waals surface area contributed by atoms with Gasteiger partial charge in [0.2, 0.25) is 0 Å². The molecule has 26 heavy (non-hydrogen) atoms. The molecule has 7 heteroatoms. The van der Waals surface area contributed by atoms with Crippen LogP contribution in [-0.4, -0.2) is 27.9 Å². The van der Waals surface area contributed by atoms with Gasteiger partial charge in [-0.1, -0.05) is 60.1 Å². The van der Waals surface area contributed by atoms with Gasteiger partial charge in [-0.2, -0.15) is 0 Å². The molecule has 1 heterocycles. The molecule has 0 saturated carbocycles. The van der Waals surface area contributed by atoms with Crippen molar-refractivity contribution in [2.75, 3.05) is 11.9 Å². The Labute approximate surface area is 167 Å². The molecule has 0 bridgehead atoms. The van der Waals surface area contributed by atoms with Crippen LogP contribution in [0.2, 0.25) is 10.0 Å². The Bertz CT molecular complexity index is 865. The number of urea groups is 1. The van der Waals surface area contributed by atoms with E-state index in [1.165, 1.54) is 0 Å². The van der Waals surface area contributed by atoms with Crippen molar-refractivity contribution in [3.05, 3.63) is 57.6 Å². The predicted molar refractivity (Wildman–Crippen MR) is 112 cm³/mol. The molecule has 1 atom stereocenters. The molecule has 4 nitrogen and oxygen atoms in total. The van der Waals surface area contributed by atoms with E-state index in [0.717, 1.165) is 16.8 Å². The zero-order chi connectivity index (χ0) is 18.8. The fraction of sp³-hybridized carbons (Fsp3) is 0.263. The summed E-state index contributed by atoms with van der Waals surface area (Å²) in [5, 5.41) is 4.70. The van der Waals surface area contributed by atoms with Gasteiger partial charge in [-0.15, -0.1) is 0 Å². The number of carbonyl (C=O) groups is 1. The van der Waals surface area contributed by atoms with Crippen molar-refractivity contribution in [2.24, 2.45) is 4.99 Å². The van der Waals surface area contributed by atoms with E-state index in [1.807, 2.05) is 32.0 Å². The number of nitrogens with one attached hydrogen (secondary N) is 1. The van der Waals surface area contributed by atoms with E-state index in [9.17, 15) is 4.79 Å². The van der Waals surface area contributed by atoms with Gasteiger partial charge >= 0.3 is 6.03 Å². The lowest BCUT2D eigenvalue weighted by molar-refractivity contribution is 0.235. The molecule has 0 aliphatic carbocycles. The molecular formula is C19H19Cl2N3OS. The van der Waals surface area contributed by atoms with E-state index in [2.05, 4.69) is 12.2 Å². The fourth-order valence-electron chi connectivity index (χ4n) is 2.72. The minimum atomic E-state index is -0.231. The molecule has 1 aliphatic heterocycles. The van der Waals surface area contributed by atoms with Gasteiger partial charge in [-0.3, -0.25) is 4.90 Å². The third kappa shape index (κ3) is 4.17. The molecule has 1 N–H and O–H groups in total. The van der Waals surface area contributed by atoms with Crippen LogP contribution in [-0.2, 0) is 0 Å². The van der Waals surface area contributed by atoms with Gasteiger partial charge in [-0.25, -0.2) is 9.79 Å². The highest BCUT2D eigenvalue weighted by atomic mass is 35.5. The molecule has 2 amide bonds. The van der Waals surface area contributed by atoms with Crippen molar-refractivity contribution in [1.82, 2.24) is 4.90 Å². The molecule has 1 fully saturated rings. The smallest absolute Gasteiger partial charge is 0.307 e. The van der Waals surface area contributed by atoms with Gasteiger partial charge in [-0.05, 0) is 43.2 Å². The summed E-state index contributed by atoms with van der Waals surface area (Å²) in [5.41, 5.74) is 3.68. The third-order valence-corrected chi connectivity index (χ3v) is 5.85. The minimum absolute atomic E-state index is 0.231. The standard InChI is InChI=1S/C19H19Cl2N3OS/c1-11-5-4-6-12(2)17(11)23-19-24(10-13(3)26-19)18(25)22-14-7-8-15(20)16(21)9-14/h4-9,13H,10H2,1-3H3,(H,22,25)/t13-/m0/s1. The quantitative estimate of drug-likeness (QED) is 0.637. The van der Waals surface area contributed by atoms with Crippen LogP contribution in [0.4, 0.5) is 16.2 Å². The van der Waals surface area contributed by atoms with Gasteiger partial charge in [0.25, 0.3) is 0 Å². The van der Waals surface area contributed by atoms with E-state index < -0.39 is 0 Å². The second-order valence-electron chi connectivity index (χ2n) is 6.23. The second kappa shape index (κ2) is 7.91. The Morgan fingerprint density at radius 3 is 2.54 bits per heavy atom. The third-order valence-electron chi connectivity index (χ3n) is 4.04. The number of aliphatic imine (C=N–C) groups is 1. The van der Waals surface area contributed by atoms with Crippen LogP contribution in [0.1, 0.15) is 18.1 Å². The highest BCUT2D eigenvalue weighted by Crippen LogP contribution is 2.32. The van der Waals surface area contributed by atoms with Gasteiger partial charge in [0.1, 0.15) is 0 Å². The average molecular weight is 408 g/mol. The first-order valence-electron chi connectivity index (χ1n) is 8.20. The maximum atomic E-state index is 12.8. The largest absolute Gasteiger partial charge is 0.327 e. The number of nitrogens with zero attached hydrogens (tertiary/aromatic N) is 2. The molecular weight excluding hydrogens is 389 g/mol. The number of rotatable bonds is 2. The van der Waals surface area contributed by atoms with Gasteiger partial charge in [0, 0.05) is 17.5 Å². The second-order valence-corrected chi connectivity index (χ2v) is 8.45. The summed E-state index contributed by atoms with van der Waals surface area (Å²) in [6, 6.07) is 10.8. The zero-order valence-electron chi connectivity index (χ0n) is 14.7. The molecule has 2 aromatic rings. The summed E-state index contributed by atoms with van der Waals surface area (Å²) in [5.74, 6) is 0. The topological polar surface area (TPSA) is 44.7 Å². The Kier molecular flexibility index (Phi) is 5.80. The molecule has 0 spiro atoms. The Balaban J connectivity index is 1.86. The number of benzene rings is 2. The van der Waals surface area contributed by atoms with Crippen molar-refractivity contribution in [2.45, 2.75) is 26.0 Å². The molecule has 0 radical (unpaired) electrons. The number of aryl methyl sites for hydroxylation is 2. The monoisotopic (exact) mass is 407 g/mol. The van der Waals surface area contributed by atoms with E-state index >= 15 is 0 Å². The predicted octanol–water partition coefficient (Wildman–Crippen LogP) is 6.27. The first-order chi connectivity index (χ1) is 12.3. The van der Waals surface area contributed by atoms with E-state index in [0.29, 0.717) is 27.4 Å². The highest BCUT2D eigenvalue weighted by Gasteiger charge is 2.31. The first kappa shape index (κ1) is 19.1. The van der Waals surface area contributed by atoms with Crippen molar-refractivity contribution in [3.8, 4) is 0 Å². The molecule has 0 aromatic heterocycles. The lowest BCUT2D eigenvalue weighted by Crippen LogP contribution is -2.36. The molecule has 2 aromatic carbocycles. The highest BCUT2D eigenvalue weighted by molar-refractivity contribution is 8.14. The number of amides is 2. The summed E-state index contributed by atoms with van der Waals surface area (Å²) < 4.78 is 0. The maximum Gasteiger partial charge on any atom is 0.327 e. The number of hydrogen-bond acceptors (Lipinski definition) is 3. The summed E-state index contributed by atoms with van der Waals surface area (Å²) in [7, 11) is 0. The Hall–Kier alpha value is -1.69. The zero-order valence-corrected chi connectivity index (χ0v) is 17.0. The summed E-state index contributed by atoms with van der Waals surface area (Å²) in [6.45, 7) is 6.73. The van der Waals surface area contributed by atoms with Crippen LogP contribution in [0, 0.1) is 13.8 Å². The van der Waals surface area contributed by atoms with Gasteiger partial charge < -0.3 is 5.32 Å². The number of anilines is 1. The van der Waals surface area contributed by atoms with Crippen molar-refractivity contribution >= 4 is 57.5 Å². The van der Waals surface area contributed by atoms with E-state index in [-0.39, 0.29) is 11.3 Å². The van der Waals surface area contributed by atoms with Crippen molar-refractivity contribution in [1.29, 1.82) is 0 Å². The van der Waals surface area contributed by atoms with Crippen LogP contribution in [0.3, 0.4) is 0 Å². The summed E-state index contributed by atoms with van der Waals surface area (Å²) >= 11 is 13.6. The average Bonchev–Trinajstić information content (AvgIpc) is 2.95. The minimum Gasteiger partial charge on any atom is -0.307 e. The van der Waals surface area contributed by atoms with Crippen LogP contribution < -0.4 is 5.32 Å². The van der Waals surface area contributed by atoms with Crippen LogP contribution >= 0.6 is 35.0 Å². The SMILES string of the molecule is Cc1cccc(C)c1N=C1S[C@@H](C)CN1C(=O)Nc1ccc(Cl)c(Cl)c1. The van der Waals surface area contributed by atoms with Crippen LogP contribution in [0.25, 0.3) is 0 Å². The number of amidine groups is 1. The first-order valence-corrected chi connectivity index (χ1v) is 9.84. The van der Waals surface area contributed by atoms with Gasteiger partial charge in [0.15, 0.2) is 5.17 Å². The summed E-state index contributed by atoms with van der Waals surface area (Å²) in [6.07, 6.45) is 0. The number of para-hydroxylation sites is 1. The normalized spacial score (nSPS) is 18.4. The van der Waals surface area contributed by atoms with Gasteiger partial charge in [0.05, 0.1) is 15.7 Å². The van der Waals surface area contributed by atoms with Crippen LogP contribution in [0.5, 0.6) is 0 Å². The van der Waals surface area contributed by atoms with Crippen molar-refractivity contribution < 1.29 is 4.79 Å². The maximum absolute atomic E-state index is 12.8. The van der Waals surface area contributed by atoms with Crippen molar-refractivity contribution in [3.63, 3.8) is 0 Å². The molecule has 1 saturated heterocycles. The van der Waals surface area contributed by atoms with Crippen LogP contribution in [0.15, 0.2) is 41.4 Å². The summed E-state index contributed by atoms with van der Waals surface area (Å²) in [4.78, 5) is 19.2. The fourth-order valence-corrected chi connectivity index (χ4v) is 4.03. The number of thioether (sulfide) groups is 1. The molecule has 136 valence electrons. The molecule has 0 unspecified atom stereocenters.